The summed E-state index contributed by atoms with van der Waals surface area (Å²) in [4.78, 5) is 12.4. The maximum absolute atomic E-state index is 12.4. The normalized spacial score (nSPS) is 11.7. The van der Waals surface area contributed by atoms with Crippen LogP contribution in [0.3, 0.4) is 0 Å². The first-order valence-corrected chi connectivity index (χ1v) is 9.91. The Bertz CT molecular complexity index is 907. The molecule has 6 nitrogen and oxygen atoms in total. The number of aliphatic hydroxyl groups excluding tert-OH is 2. The smallest absolute Gasteiger partial charge is 0.253 e. The largest absolute Gasteiger partial charge is 0.508 e. The summed E-state index contributed by atoms with van der Waals surface area (Å²) in [5.41, 5.74) is 2.84. The molecule has 0 heterocycles. The molecule has 0 aliphatic carbocycles. The molecule has 160 valence electrons. The lowest BCUT2D eigenvalue weighted by atomic mass is 9.96. The molecule has 2 aromatic carbocycles. The predicted octanol–water partition coefficient (Wildman–Crippen LogP) is 3.68. The number of phenolic OH excluding ortho intramolecular Hbond substituents is 2. The predicted molar refractivity (Wildman–Crippen MR) is 119 cm³/mol. The van der Waals surface area contributed by atoms with Gasteiger partial charge in [-0.3, -0.25) is 4.79 Å². The van der Waals surface area contributed by atoms with E-state index in [9.17, 15) is 20.1 Å². The first kappa shape index (κ1) is 23.2. The number of phenols is 2. The van der Waals surface area contributed by atoms with Crippen LogP contribution in [0.25, 0.3) is 11.1 Å². The molecule has 0 spiro atoms. The Hall–Kier alpha value is -3.09. The van der Waals surface area contributed by atoms with E-state index in [4.69, 9.17) is 5.11 Å². The molecule has 0 aromatic heterocycles. The monoisotopic (exact) mass is 411 g/mol. The van der Waals surface area contributed by atoms with Crippen molar-refractivity contribution < 1.29 is 25.2 Å². The molecule has 0 radical (unpaired) electrons. The number of amides is 1. The average Bonchev–Trinajstić information content (AvgIpc) is 2.72. The highest BCUT2D eigenvalue weighted by Crippen LogP contribution is 2.39. The van der Waals surface area contributed by atoms with Crippen LogP contribution in [0.2, 0.25) is 0 Å². The van der Waals surface area contributed by atoms with Gasteiger partial charge < -0.3 is 25.7 Å². The van der Waals surface area contributed by atoms with E-state index in [1.807, 2.05) is 0 Å². The second kappa shape index (κ2) is 11.2. The van der Waals surface area contributed by atoms with Gasteiger partial charge in [0.1, 0.15) is 17.6 Å². The van der Waals surface area contributed by atoms with E-state index in [0.29, 0.717) is 42.4 Å². The molecule has 0 saturated heterocycles. The standard InChI is InChI=1S/C24H29NO5/c1-3-7-16-13-19(17-10-11-21(27)18(15-17)8-4-2)23(29)20(14-16)25-24(30)22(28)9-5-6-12-26/h3-4,10-11,13-15,22,26-29H,1-2,5-9,12H2,(H,25,30). The summed E-state index contributed by atoms with van der Waals surface area (Å²) in [7, 11) is 0. The van der Waals surface area contributed by atoms with Crippen LogP contribution in [0, 0.1) is 0 Å². The number of rotatable bonds is 11. The number of anilines is 1. The lowest BCUT2D eigenvalue weighted by Gasteiger charge is -2.16. The lowest BCUT2D eigenvalue weighted by molar-refractivity contribution is -0.124. The topological polar surface area (TPSA) is 110 Å². The van der Waals surface area contributed by atoms with E-state index < -0.39 is 12.0 Å². The summed E-state index contributed by atoms with van der Waals surface area (Å²) in [5.74, 6) is -0.614. The maximum atomic E-state index is 12.4. The van der Waals surface area contributed by atoms with Crippen molar-refractivity contribution in [2.45, 2.75) is 38.2 Å². The SMILES string of the molecule is C=CCc1cc(NC(=O)C(O)CCCCO)c(O)c(-c2ccc(O)c(CC=C)c2)c1. The Kier molecular flexibility index (Phi) is 8.65. The Morgan fingerprint density at radius 2 is 1.80 bits per heavy atom. The molecule has 0 fully saturated rings. The van der Waals surface area contributed by atoms with E-state index in [2.05, 4.69) is 18.5 Å². The molecule has 1 atom stereocenters. The number of benzene rings is 2. The van der Waals surface area contributed by atoms with Crippen LogP contribution in [-0.2, 0) is 17.6 Å². The van der Waals surface area contributed by atoms with E-state index in [1.54, 1.807) is 42.5 Å². The minimum absolute atomic E-state index is 0.00254. The zero-order chi connectivity index (χ0) is 22.1. The van der Waals surface area contributed by atoms with Crippen molar-refractivity contribution in [1.82, 2.24) is 0 Å². The van der Waals surface area contributed by atoms with Crippen molar-refractivity contribution in [3.8, 4) is 22.6 Å². The second-order valence-corrected chi connectivity index (χ2v) is 7.09. The minimum Gasteiger partial charge on any atom is -0.508 e. The summed E-state index contributed by atoms with van der Waals surface area (Å²) in [6.07, 6.45) is 4.37. The van der Waals surface area contributed by atoms with Crippen LogP contribution in [0.5, 0.6) is 11.5 Å². The molecule has 0 aliphatic heterocycles. The summed E-state index contributed by atoms with van der Waals surface area (Å²) >= 11 is 0. The number of allylic oxidation sites excluding steroid dienone is 2. The zero-order valence-corrected chi connectivity index (χ0v) is 17.0. The Morgan fingerprint density at radius 1 is 1.07 bits per heavy atom. The molecule has 0 saturated carbocycles. The lowest BCUT2D eigenvalue weighted by Crippen LogP contribution is -2.27. The summed E-state index contributed by atoms with van der Waals surface area (Å²) in [6, 6.07) is 8.44. The Labute approximate surface area is 176 Å². The number of hydrogen-bond donors (Lipinski definition) is 5. The van der Waals surface area contributed by atoms with Crippen molar-refractivity contribution in [2.24, 2.45) is 0 Å². The van der Waals surface area contributed by atoms with Gasteiger partial charge in [0.15, 0.2) is 0 Å². The first-order valence-electron chi connectivity index (χ1n) is 9.91. The van der Waals surface area contributed by atoms with Gasteiger partial charge in [-0.2, -0.15) is 0 Å². The van der Waals surface area contributed by atoms with Crippen molar-refractivity contribution in [2.75, 3.05) is 11.9 Å². The molecule has 2 aromatic rings. The number of carbonyl (C=O) groups is 1. The van der Waals surface area contributed by atoms with Gasteiger partial charge in [0, 0.05) is 12.2 Å². The fourth-order valence-electron chi connectivity index (χ4n) is 3.16. The van der Waals surface area contributed by atoms with Gasteiger partial charge in [0.2, 0.25) is 0 Å². The number of aliphatic hydroxyl groups is 2. The first-order chi connectivity index (χ1) is 14.4. The molecular formula is C24H29NO5. The second-order valence-electron chi connectivity index (χ2n) is 7.09. The zero-order valence-electron chi connectivity index (χ0n) is 17.0. The number of nitrogens with one attached hydrogen (secondary N) is 1. The minimum atomic E-state index is -1.24. The van der Waals surface area contributed by atoms with Gasteiger partial charge in [0.05, 0.1) is 5.69 Å². The number of hydrogen-bond acceptors (Lipinski definition) is 5. The number of carbonyl (C=O) groups excluding carboxylic acids is 1. The summed E-state index contributed by atoms with van der Waals surface area (Å²) in [6.45, 7) is 7.43. The van der Waals surface area contributed by atoms with Crippen molar-refractivity contribution in [3.63, 3.8) is 0 Å². The van der Waals surface area contributed by atoms with Gasteiger partial charge in [-0.05, 0) is 73.1 Å². The molecule has 30 heavy (non-hydrogen) atoms. The van der Waals surface area contributed by atoms with Crippen molar-refractivity contribution in [3.05, 3.63) is 66.8 Å². The Morgan fingerprint density at radius 3 is 2.47 bits per heavy atom. The summed E-state index contributed by atoms with van der Waals surface area (Å²) < 4.78 is 0. The fraction of sp³-hybridized carbons (Fsp3) is 0.292. The van der Waals surface area contributed by atoms with Crippen LogP contribution in [0.15, 0.2) is 55.6 Å². The molecule has 5 N–H and O–H groups in total. The fourth-order valence-corrected chi connectivity index (χ4v) is 3.16. The van der Waals surface area contributed by atoms with E-state index in [0.717, 1.165) is 5.56 Å². The van der Waals surface area contributed by atoms with Crippen LogP contribution >= 0.6 is 0 Å². The molecule has 0 bridgehead atoms. The quantitative estimate of drug-likeness (QED) is 0.220. The number of unbranched alkanes of at least 4 members (excludes halogenated alkanes) is 1. The van der Waals surface area contributed by atoms with Gasteiger partial charge in [-0.1, -0.05) is 18.2 Å². The maximum Gasteiger partial charge on any atom is 0.253 e. The van der Waals surface area contributed by atoms with Crippen molar-refractivity contribution in [1.29, 1.82) is 0 Å². The average molecular weight is 411 g/mol. The van der Waals surface area contributed by atoms with E-state index in [-0.39, 0.29) is 30.2 Å². The molecule has 2 rings (SSSR count). The molecular weight excluding hydrogens is 382 g/mol. The molecule has 1 amide bonds. The van der Waals surface area contributed by atoms with E-state index >= 15 is 0 Å². The van der Waals surface area contributed by atoms with Crippen LogP contribution in [0.1, 0.15) is 30.4 Å². The van der Waals surface area contributed by atoms with Crippen molar-refractivity contribution >= 4 is 11.6 Å². The highest BCUT2D eigenvalue weighted by Gasteiger charge is 2.19. The summed E-state index contributed by atoms with van der Waals surface area (Å²) in [5, 5.41) is 42.3. The van der Waals surface area contributed by atoms with Gasteiger partial charge in [-0.25, -0.2) is 0 Å². The molecule has 6 heteroatoms. The highest BCUT2D eigenvalue weighted by molar-refractivity contribution is 5.97. The van der Waals surface area contributed by atoms with Crippen LogP contribution < -0.4 is 5.32 Å². The third kappa shape index (κ3) is 5.95. The highest BCUT2D eigenvalue weighted by atomic mass is 16.3. The third-order valence-electron chi connectivity index (χ3n) is 4.75. The molecule has 1 unspecified atom stereocenters. The van der Waals surface area contributed by atoms with Gasteiger partial charge in [-0.15, -0.1) is 13.2 Å². The van der Waals surface area contributed by atoms with Crippen LogP contribution in [-0.4, -0.2) is 39.0 Å². The molecule has 0 aliphatic rings. The van der Waals surface area contributed by atoms with Crippen LogP contribution in [0.4, 0.5) is 5.69 Å². The number of aromatic hydroxyl groups is 2. The van der Waals surface area contributed by atoms with Gasteiger partial charge >= 0.3 is 0 Å². The Balaban J connectivity index is 2.40. The third-order valence-corrected chi connectivity index (χ3v) is 4.75. The van der Waals surface area contributed by atoms with Gasteiger partial charge in [0.25, 0.3) is 5.91 Å². The van der Waals surface area contributed by atoms with E-state index in [1.165, 1.54) is 0 Å².